The van der Waals surface area contributed by atoms with Crippen LogP contribution >= 0.6 is 23.2 Å². The van der Waals surface area contributed by atoms with E-state index in [1.807, 2.05) is 24.3 Å². The van der Waals surface area contributed by atoms with Gasteiger partial charge in [0.25, 0.3) is 0 Å². The number of nitriles is 1. The van der Waals surface area contributed by atoms with Gasteiger partial charge in [0.15, 0.2) is 11.5 Å². The fourth-order valence-electron chi connectivity index (χ4n) is 3.09. The van der Waals surface area contributed by atoms with Gasteiger partial charge in [0.2, 0.25) is 0 Å². The van der Waals surface area contributed by atoms with E-state index in [9.17, 15) is 14.0 Å². The topological polar surface area (TPSA) is 41.6 Å². The van der Waals surface area contributed by atoms with E-state index in [1.165, 1.54) is 34.9 Å². The quantitative estimate of drug-likeness (QED) is 0.368. The summed E-state index contributed by atoms with van der Waals surface area (Å²) in [5.74, 6) is -0.918. The van der Waals surface area contributed by atoms with Crippen LogP contribution in [0.3, 0.4) is 0 Å². The number of nitrogens with zero attached hydrogens (tertiary/aromatic N) is 3. The van der Waals surface area contributed by atoms with Crippen molar-refractivity contribution >= 4 is 23.2 Å². The standard InChI is InChI=1S/C22H11Cl2F2N3/c23-15-7-4-8-19(20(15)26)29-21(14-9-10-17(25)16(24)11-14)18(12-27)28-22(29)13-5-2-1-3-6-13/h1-11H. The van der Waals surface area contributed by atoms with Crippen LogP contribution in [0.4, 0.5) is 8.78 Å². The molecule has 0 bridgehead atoms. The Bertz CT molecular complexity index is 1260. The molecule has 0 fully saturated rings. The van der Waals surface area contributed by atoms with Crippen molar-refractivity contribution in [2.75, 3.05) is 0 Å². The predicted molar refractivity (Wildman–Crippen MR) is 109 cm³/mol. The molecule has 29 heavy (non-hydrogen) atoms. The molecule has 0 saturated carbocycles. The zero-order valence-electron chi connectivity index (χ0n) is 14.7. The normalized spacial score (nSPS) is 10.7. The lowest BCUT2D eigenvalue weighted by Crippen LogP contribution is -2.03. The van der Waals surface area contributed by atoms with Gasteiger partial charge in [0.1, 0.15) is 17.7 Å². The zero-order chi connectivity index (χ0) is 20.5. The zero-order valence-corrected chi connectivity index (χ0v) is 16.2. The minimum Gasteiger partial charge on any atom is -0.288 e. The molecule has 0 aliphatic carbocycles. The fraction of sp³-hybridized carbons (Fsp3) is 0. The summed E-state index contributed by atoms with van der Waals surface area (Å²) in [5.41, 5.74) is 1.53. The van der Waals surface area contributed by atoms with Crippen LogP contribution in [0.5, 0.6) is 0 Å². The van der Waals surface area contributed by atoms with Gasteiger partial charge in [0.05, 0.1) is 21.4 Å². The Kier molecular flexibility index (Phi) is 5.06. The molecule has 4 rings (SSSR count). The van der Waals surface area contributed by atoms with Crippen LogP contribution in [0.1, 0.15) is 5.69 Å². The van der Waals surface area contributed by atoms with Gasteiger partial charge in [-0.05, 0) is 30.3 Å². The van der Waals surface area contributed by atoms with E-state index in [2.05, 4.69) is 4.98 Å². The molecule has 0 N–H and O–H groups in total. The van der Waals surface area contributed by atoms with Crippen molar-refractivity contribution < 1.29 is 8.78 Å². The summed E-state index contributed by atoms with van der Waals surface area (Å²) < 4.78 is 30.2. The SMILES string of the molecule is N#Cc1nc(-c2ccccc2)n(-c2cccc(Cl)c2F)c1-c1ccc(F)c(Cl)c1. The van der Waals surface area contributed by atoms with Crippen molar-refractivity contribution in [3.8, 4) is 34.4 Å². The molecule has 0 amide bonds. The molecule has 1 aromatic heterocycles. The minimum absolute atomic E-state index is 0.0471. The Morgan fingerprint density at radius 3 is 2.31 bits per heavy atom. The van der Waals surface area contributed by atoms with Crippen molar-refractivity contribution in [2.45, 2.75) is 0 Å². The molecule has 3 aromatic carbocycles. The van der Waals surface area contributed by atoms with Gasteiger partial charge < -0.3 is 0 Å². The van der Waals surface area contributed by atoms with E-state index in [4.69, 9.17) is 23.2 Å². The van der Waals surface area contributed by atoms with E-state index in [-0.39, 0.29) is 27.1 Å². The van der Waals surface area contributed by atoms with Crippen LogP contribution in [0.2, 0.25) is 10.0 Å². The first-order chi connectivity index (χ1) is 14.0. The van der Waals surface area contributed by atoms with Crippen molar-refractivity contribution in [3.05, 3.63) is 94.1 Å². The number of halogens is 4. The third-order valence-corrected chi connectivity index (χ3v) is 4.96. The van der Waals surface area contributed by atoms with Crippen LogP contribution < -0.4 is 0 Å². The van der Waals surface area contributed by atoms with Gasteiger partial charge in [-0.3, -0.25) is 4.57 Å². The Morgan fingerprint density at radius 1 is 0.862 bits per heavy atom. The lowest BCUT2D eigenvalue weighted by Gasteiger charge is -2.14. The maximum atomic E-state index is 15.0. The molecule has 0 aliphatic heterocycles. The first kappa shape index (κ1) is 19.1. The van der Waals surface area contributed by atoms with Gasteiger partial charge in [0, 0.05) is 11.1 Å². The van der Waals surface area contributed by atoms with E-state index < -0.39 is 11.6 Å². The number of hydrogen-bond donors (Lipinski definition) is 0. The highest BCUT2D eigenvalue weighted by Gasteiger charge is 2.24. The first-order valence-corrected chi connectivity index (χ1v) is 9.25. The second kappa shape index (κ2) is 7.67. The molecule has 0 spiro atoms. The molecule has 0 unspecified atom stereocenters. The van der Waals surface area contributed by atoms with Crippen molar-refractivity contribution in [2.24, 2.45) is 0 Å². The van der Waals surface area contributed by atoms with Crippen LogP contribution in [-0.4, -0.2) is 9.55 Å². The van der Waals surface area contributed by atoms with Gasteiger partial charge in [-0.1, -0.05) is 59.6 Å². The van der Waals surface area contributed by atoms with Crippen molar-refractivity contribution in [1.29, 1.82) is 5.26 Å². The summed E-state index contributed by atoms with van der Waals surface area (Å²) in [6, 6.07) is 19.7. The molecule has 3 nitrogen and oxygen atoms in total. The smallest absolute Gasteiger partial charge is 0.167 e. The molecular formula is C22H11Cl2F2N3. The molecule has 0 radical (unpaired) electrons. The molecule has 4 aromatic rings. The van der Waals surface area contributed by atoms with Gasteiger partial charge in [-0.25, -0.2) is 13.8 Å². The van der Waals surface area contributed by atoms with Crippen LogP contribution in [0.15, 0.2) is 66.7 Å². The Labute approximate surface area is 175 Å². The lowest BCUT2D eigenvalue weighted by atomic mass is 10.1. The van der Waals surface area contributed by atoms with E-state index in [0.717, 1.165) is 0 Å². The minimum atomic E-state index is -0.664. The van der Waals surface area contributed by atoms with E-state index in [0.29, 0.717) is 17.0 Å². The Balaban J connectivity index is 2.12. The Hall–Kier alpha value is -3.20. The average Bonchev–Trinajstić information content (AvgIpc) is 3.12. The number of rotatable bonds is 3. The summed E-state index contributed by atoms with van der Waals surface area (Å²) in [7, 11) is 0. The molecule has 1 heterocycles. The second-order valence-corrected chi connectivity index (χ2v) is 6.96. The molecule has 0 aliphatic rings. The molecule has 0 saturated heterocycles. The lowest BCUT2D eigenvalue weighted by molar-refractivity contribution is 0.619. The highest BCUT2D eigenvalue weighted by molar-refractivity contribution is 6.31. The van der Waals surface area contributed by atoms with Crippen LogP contribution in [0, 0.1) is 23.0 Å². The highest BCUT2D eigenvalue weighted by Crippen LogP contribution is 2.36. The highest BCUT2D eigenvalue weighted by atomic mass is 35.5. The van der Waals surface area contributed by atoms with Gasteiger partial charge in [-0.15, -0.1) is 0 Å². The summed E-state index contributed by atoms with van der Waals surface area (Å²) >= 11 is 12.0. The van der Waals surface area contributed by atoms with Crippen molar-refractivity contribution in [3.63, 3.8) is 0 Å². The van der Waals surface area contributed by atoms with Crippen LogP contribution in [-0.2, 0) is 0 Å². The first-order valence-electron chi connectivity index (χ1n) is 8.49. The fourth-order valence-corrected chi connectivity index (χ4v) is 3.44. The molecule has 0 atom stereocenters. The van der Waals surface area contributed by atoms with E-state index in [1.54, 1.807) is 18.2 Å². The molecular weight excluding hydrogens is 415 g/mol. The number of imidazole rings is 1. The number of aromatic nitrogens is 2. The largest absolute Gasteiger partial charge is 0.288 e. The van der Waals surface area contributed by atoms with Crippen LogP contribution in [0.25, 0.3) is 28.3 Å². The summed E-state index contributed by atoms with van der Waals surface area (Å²) in [5, 5.41) is 9.52. The van der Waals surface area contributed by atoms with Gasteiger partial charge >= 0.3 is 0 Å². The maximum absolute atomic E-state index is 15.0. The summed E-state index contributed by atoms with van der Waals surface area (Å²) in [6.45, 7) is 0. The third kappa shape index (κ3) is 3.38. The summed E-state index contributed by atoms with van der Waals surface area (Å²) in [6.07, 6.45) is 0. The molecule has 7 heteroatoms. The van der Waals surface area contributed by atoms with E-state index >= 15 is 0 Å². The predicted octanol–water partition coefficient (Wildman–Crippen LogP) is 6.66. The second-order valence-electron chi connectivity index (χ2n) is 6.15. The third-order valence-electron chi connectivity index (χ3n) is 4.38. The summed E-state index contributed by atoms with van der Waals surface area (Å²) in [4.78, 5) is 4.43. The number of benzene rings is 3. The van der Waals surface area contributed by atoms with Gasteiger partial charge in [-0.2, -0.15) is 5.26 Å². The molecule has 142 valence electrons. The van der Waals surface area contributed by atoms with Crippen molar-refractivity contribution in [1.82, 2.24) is 9.55 Å². The monoisotopic (exact) mass is 425 g/mol. The Morgan fingerprint density at radius 2 is 1.62 bits per heavy atom. The number of hydrogen-bond acceptors (Lipinski definition) is 2. The average molecular weight is 426 g/mol. The maximum Gasteiger partial charge on any atom is 0.167 e.